The first kappa shape index (κ1) is 23.6. The summed E-state index contributed by atoms with van der Waals surface area (Å²) in [6.45, 7) is 4.60. The Balaban J connectivity index is 1.29. The summed E-state index contributed by atoms with van der Waals surface area (Å²) in [5.74, 6) is 2.62. The molecular formula is C26H29F2N7O2. The van der Waals surface area contributed by atoms with Crippen molar-refractivity contribution < 1.29 is 18.3 Å². The number of aromatic amines is 1. The first-order valence-corrected chi connectivity index (χ1v) is 12.5. The second-order valence-electron chi connectivity index (χ2n) is 10.1. The fourth-order valence-corrected chi connectivity index (χ4v) is 6.08. The van der Waals surface area contributed by atoms with Crippen molar-refractivity contribution in [3.05, 3.63) is 30.2 Å². The van der Waals surface area contributed by atoms with Crippen LogP contribution in [0.3, 0.4) is 0 Å². The number of halogens is 2. The van der Waals surface area contributed by atoms with Crippen molar-refractivity contribution in [2.24, 2.45) is 11.8 Å². The number of hydrogen-bond donors (Lipinski definition) is 2. The third-order valence-corrected chi connectivity index (χ3v) is 7.79. The molecule has 3 atom stereocenters. The molecule has 4 heterocycles. The number of anilines is 1. The highest BCUT2D eigenvalue weighted by Crippen LogP contribution is 2.40. The van der Waals surface area contributed by atoms with Crippen molar-refractivity contribution in [1.82, 2.24) is 29.4 Å². The monoisotopic (exact) mass is 509 g/mol. The molecule has 194 valence electrons. The summed E-state index contributed by atoms with van der Waals surface area (Å²) in [4.78, 5) is 30.7. The fraction of sp³-hybridized carbons (Fsp3) is 0.462. The Bertz CT molecular complexity index is 1480. The van der Waals surface area contributed by atoms with Gasteiger partial charge >= 0.3 is 0 Å². The topological polar surface area (TPSA) is 101 Å². The number of methoxy groups -OCH3 is 1. The van der Waals surface area contributed by atoms with Crippen LogP contribution in [0.15, 0.2) is 24.4 Å². The van der Waals surface area contributed by atoms with Crippen LogP contribution in [0, 0.1) is 18.8 Å². The van der Waals surface area contributed by atoms with Gasteiger partial charge in [0.15, 0.2) is 0 Å². The third kappa shape index (κ3) is 4.15. The van der Waals surface area contributed by atoms with Gasteiger partial charge in [-0.15, -0.1) is 0 Å². The summed E-state index contributed by atoms with van der Waals surface area (Å²) < 4.78 is 33.6. The number of nitrogens with zero attached hydrogens (tertiary/aromatic N) is 5. The molecular weight excluding hydrogens is 480 g/mol. The molecule has 3 aromatic heterocycles. The van der Waals surface area contributed by atoms with Gasteiger partial charge in [0.25, 0.3) is 6.43 Å². The Hall–Kier alpha value is -3.76. The van der Waals surface area contributed by atoms with Crippen molar-refractivity contribution in [1.29, 1.82) is 0 Å². The van der Waals surface area contributed by atoms with Crippen LogP contribution in [-0.2, 0) is 11.3 Å². The molecule has 1 saturated heterocycles. The molecule has 37 heavy (non-hydrogen) atoms. The van der Waals surface area contributed by atoms with E-state index in [9.17, 15) is 13.6 Å². The van der Waals surface area contributed by atoms with E-state index in [0.29, 0.717) is 46.2 Å². The minimum Gasteiger partial charge on any atom is -0.480 e. The highest BCUT2D eigenvalue weighted by Gasteiger charge is 2.41. The first-order valence-electron chi connectivity index (χ1n) is 12.5. The third-order valence-electron chi connectivity index (χ3n) is 7.79. The lowest BCUT2D eigenvalue weighted by molar-refractivity contribution is -0.128. The van der Waals surface area contributed by atoms with Crippen LogP contribution >= 0.6 is 0 Å². The number of carbonyl (C=O) groups excluding carboxylic acids is 1. The maximum atomic E-state index is 13.2. The first-order chi connectivity index (χ1) is 17.8. The molecule has 1 saturated carbocycles. The van der Waals surface area contributed by atoms with Crippen LogP contribution in [0.2, 0.25) is 0 Å². The maximum absolute atomic E-state index is 13.2. The van der Waals surface area contributed by atoms with Gasteiger partial charge < -0.3 is 24.5 Å². The van der Waals surface area contributed by atoms with Crippen LogP contribution in [0.1, 0.15) is 25.6 Å². The Labute approximate surface area is 212 Å². The van der Waals surface area contributed by atoms with Gasteiger partial charge in [0.1, 0.15) is 11.5 Å². The molecule has 11 heteroatoms. The molecule has 9 nitrogen and oxygen atoms in total. The number of carbonyl (C=O) groups is 1. The van der Waals surface area contributed by atoms with Crippen molar-refractivity contribution in [3.8, 4) is 17.0 Å². The number of aromatic nitrogens is 5. The number of ether oxygens (including phenoxy) is 1. The molecule has 0 spiro atoms. The number of fused-ring (bicyclic) bond motifs is 3. The molecule has 0 unspecified atom stereocenters. The van der Waals surface area contributed by atoms with Crippen LogP contribution in [0.25, 0.3) is 33.2 Å². The summed E-state index contributed by atoms with van der Waals surface area (Å²) >= 11 is 0. The minimum absolute atomic E-state index is 0.146. The lowest BCUT2D eigenvalue weighted by Crippen LogP contribution is -2.29. The molecule has 1 aliphatic carbocycles. The zero-order chi connectivity index (χ0) is 25.8. The Kier molecular flexibility index (Phi) is 5.73. The molecule has 1 aromatic carbocycles. The van der Waals surface area contributed by atoms with Gasteiger partial charge in [-0.25, -0.2) is 13.8 Å². The normalized spacial score (nSPS) is 21.4. The van der Waals surface area contributed by atoms with E-state index in [1.54, 1.807) is 25.5 Å². The zero-order valence-electron chi connectivity index (χ0n) is 21.0. The van der Waals surface area contributed by atoms with Gasteiger partial charge in [-0.05, 0) is 49.3 Å². The SMILES string of the molecule is COc1nc(N[C@@H]2C[C@@H]3CN(C(C)=O)C[C@@H]3C2)nc2[nH]cc(-c3ccc4nc(C)n(CC(F)F)c4c3)c12. The predicted octanol–water partition coefficient (Wildman–Crippen LogP) is 4.23. The van der Waals surface area contributed by atoms with Crippen LogP contribution < -0.4 is 10.1 Å². The van der Waals surface area contributed by atoms with E-state index in [-0.39, 0.29) is 11.9 Å². The lowest BCUT2D eigenvalue weighted by atomic mass is 10.0. The summed E-state index contributed by atoms with van der Waals surface area (Å²) in [5.41, 5.74) is 3.60. The molecule has 2 fully saturated rings. The minimum atomic E-state index is -2.47. The summed E-state index contributed by atoms with van der Waals surface area (Å²) in [6.07, 6.45) is 1.31. The smallest absolute Gasteiger partial charge is 0.256 e. The van der Waals surface area contributed by atoms with E-state index in [0.717, 1.165) is 42.4 Å². The quantitative estimate of drug-likeness (QED) is 0.404. The van der Waals surface area contributed by atoms with Crippen molar-refractivity contribution in [3.63, 3.8) is 0 Å². The van der Waals surface area contributed by atoms with Gasteiger partial charge in [-0.1, -0.05) is 6.07 Å². The molecule has 1 amide bonds. The predicted molar refractivity (Wildman–Crippen MR) is 136 cm³/mol. The van der Waals surface area contributed by atoms with Gasteiger partial charge in [0.2, 0.25) is 17.7 Å². The maximum Gasteiger partial charge on any atom is 0.256 e. The number of H-pyrrole nitrogens is 1. The summed E-state index contributed by atoms with van der Waals surface area (Å²) in [5, 5.41) is 4.20. The Morgan fingerprint density at radius 3 is 2.65 bits per heavy atom. The van der Waals surface area contributed by atoms with Crippen LogP contribution in [0.5, 0.6) is 5.88 Å². The standard InChI is InChI=1S/C26H29F2N7O2/c1-13-30-20-5-4-15(8-21(20)35(13)12-22(27)28)19-9-29-24-23(19)25(37-3)33-26(32-24)31-18-6-16-10-34(14(2)36)11-17(16)7-18/h4-5,8-9,16-18,22H,6-7,10-12H2,1-3H3,(H2,29,31,32,33)/t16-,17+,18-. The number of hydrogen-bond acceptors (Lipinski definition) is 6. The Morgan fingerprint density at radius 2 is 1.97 bits per heavy atom. The Morgan fingerprint density at radius 1 is 1.22 bits per heavy atom. The number of rotatable bonds is 6. The van der Waals surface area contributed by atoms with Crippen molar-refractivity contribution >= 4 is 33.9 Å². The highest BCUT2D eigenvalue weighted by atomic mass is 19.3. The number of benzene rings is 1. The fourth-order valence-electron chi connectivity index (χ4n) is 6.08. The van der Waals surface area contributed by atoms with E-state index < -0.39 is 13.0 Å². The number of likely N-dealkylation sites (tertiary alicyclic amines) is 1. The number of amides is 1. The average Bonchev–Trinajstić information content (AvgIpc) is 3.60. The zero-order valence-corrected chi connectivity index (χ0v) is 21.0. The lowest BCUT2D eigenvalue weighted by Gasteiger charge is -2.18. The second kappa shape index (κ2) is 8.97. The van der Waals surface area contributed by atoms with E-state index >= 15 is 0 Å². The van der Waals surface area contributed by atoms with Gasteiger partial charge in [-0.3, -0.25) is 4.79 Å². The van der Waals surface area contributed by atoms with Gasteiger partial charge in [-0.2, -0.15) is 9.97 Å². The number of alkyl halides is 2. The number of imidazole rings is 1. The van der Waals surface area contributed by atoms with Crippen molar-refractivity contribution in [2.45, 2.75) is 45.7 Å². The largest absolute Gasteiger partial charge is 0.480 e. The van der Waals surface area contributed by atoms with Crippen LogP contribution in [0.4, 0.5) is 14.7 Å². The van der Waals surface area contributed by atoms with Crippen molar-refractivity contribution in [2.75, 3.05) is 25.5 Å². The molecule has 2 aliphatic rings. The molecule has 6 rings (SSSR count). The highest BCUT2D eigenvalue weighted by molar-refractivity contribution is 5.99. The molecule has 4 aromatic rings. The van der Waals surface area contributed by atoms with E-state index in [2.05, 4.69) is 20.3 Å². The molecule has 2 N–H and O–H groups in total. The van der Waals surface area contributed by atoms with Gasteiger partial charge in [0.05, 0.1) is 30.1 Å². The van der Waals surface area contributed by atoms with Crippen LogP contribution in [-0.4, -0.2) is 68.0 Å². The molecule has 0 bridgehead atoms. The number of aryl methyl sites for hydroxylation is 1. The molecule has 1 aliphatic heterocycles. The summed E-state index contributed by atoms with van der Waals surface area (Å²) in [6, 6.07) is 5.86. The van der Waals surface area contributed by atoms with E-state index in [1.807, 2.05) is 29.3 Å². The summed E-state index contributed by atoms with van der Waals surface area (Å²) in [7, 11) is 1.57. The molecule has 0 radical (unpaired) electrons. The van der Waals surface area contributed by atoms with Gasteiger partial charge in [0, 0.05) is 37.8 Å². The average molecular weight is 510 g/mol. The second-order valence-corrected chi connectivity index (χ2v) is 10.1. The van der Waals surface area contributed by atoms with E-state index in [4.69, 9.17) is 9.72 Å². The van der Waals surface area contributed by atoms with E-state index in [1.165, 1.54) is 0 Å². The number of nitrogens with one attached hydrogen (secondary N) is 2.